The van der Waals surface area contributed by atoms with Crippen molar-refractivity contribution in [3.8, 4) is 0 Å². The van der Waals surface area contributed by atoms with E-state index in [0.29, 0.717) is 29.9 Å². The number of para-hydroxylation sites is 1. The number of urea groups is 1. The van der Waals surface area contributed by atoms with Crippen molar-refractivity contribution < 1.29 is 9.59 Å². The highest BCUT2D eigenvalue weighted by Crippen LogP contribution is 2.15. The second-order valence-electron chi connectivity index (χ2n) is 5.93. The highest BCUT2D eigenvalue weighted by atomic mass is 16.2. The lowest BCUT2D eigenvalue weighted by Crippen LogP contribution is -2.19. The van der Waals surface area contributed by atoms with Crippen molar-refractivity contribution in [3.05, 3.63) is 84.7 Å². The molecule has 3 N–H and O–H groups in total. The number of rotatable bonds is 6. The summed E-state index contributed by atoms with van der Waals surface area (Å²) in [5, 5.41) is 8.34. The lowest BCUT2D eigenvalue weighted by molar-refractivity contribution is -0.116. The van der Waals surface area contributed by atoms with E-state index in [4.69, 9.17) is 0 Å². The predicted molar refractivity (Wildman–Crippen MR) is 107 cm³/mol. The van der Waals surface area contributed by atoms with Gasteiger partial charge in [0, 0.05) is 35.9 Å². The van der Waals surface area contributed by atoms with Gasteiger partial charge in [0.15, 0.2) is 0 Å². The van der Waals surface area contributed by atoms with Gasteiger partial charge in [0.05, 0.1) is 0 Å². The summed E-state index contributed by atoms with van der Waals surface area (Å²) >= 11 is 0. The number of benzene rings is 2. The average Bonchev–Trinajstić information content (AvgIpc) is 2.69. The Morgan fingerprint density at radius 3 is 2.00 bits per heavy atom. The lowest BCUT2D eigenvalue weighted by atomic mass is 10.1. The maximum Gasteiger partial charge on any atom is 0.323 e. The lowest BCUT2D eigenvalue weighted by Gasteiger charge is -2.09. The van der Waals surface area contributed by atoms with E-state index < -0.39 is 0 Å². The van der Waals surface area contributed by atoms with Crippen LogP contribution in [0.4, 0.5) is 21.9 Å². The fourth-order valence-corrected chi connectivity index (χ4v) is 2.48. The van der Waals surface area contributed by atoms with Gasteiger partial charge in [-0.05, 0) is 54.4 Å². The number of hydrogen-bond acceptors (Lipinski definition) is 3. The van der Waals surface area contributed by atoms with E-state index in [9.17, 15) is 9.59 Å². The molecular formula is C21H20N4O2. The first-order valence-electron chi connectivity index (χ1n) is 8.61. The highest BCUT2D eigenvalue weighted by molar-refractivity contribution is 6.00. The van der Waals surface area contributed by atoms with Gasteiger partial charge in [0.1, 0.15) is 0 Å². The van der Waals surface area contributed by atoms with Crippen molar-refractivity contribution in [2.24, 2.45) is 0 Å². The number of pyridine rings is 1. The molecule has 3 amide bonds. The van der Waals surface area contributed by atoms with Gasteiger partial charge in [-0.3, -0.25) is 9.78 Å². The summed E-state index contributed by atoms with van der Waals surface area (Å²) in [6, 6.07) is 19.6. The van der Waals surface area contributed by atoms with Gasteiger partial charge in [-0.15, -0.1) is 0 Å². The van der Waals surface area contributed by atoms with Crippen LogP contribution in [0.2, 0.25) is 0 Å². The number of nitrogens with zero attached hydrogens (tertiary/aromatic N) is 1. The van der Waals surface area contributed by atoms with Crippen LogP contribution in [-0.2, 0) is 11.2 Å². The zero-order valence-electron chi connectivity index (χ0n) is 14.7. The topological polar surface area (TPSA) is 83.1 Å². The second kappa shape index (κ2) is 9.15. The van der Waals surface area contributed by atoms with Crippen LogP contribution in [0.1, 0.15) is 12.0 Å². The molecule has 0 spiro atoms. The molecule has 0 saturated heterocycles. The minimum atomic E-state index is -0.325. The van der Waals surface area contributed by atoms with Gasteiger partial charge in [0.25, 0.3) is 0 Å². The molecule has 3 aromatic rings. The molecule has 27 heavy (non-hydrogen) atoms. The van der Waals surface area contributed by atoms with Crippen LogP contribution < -0.4 is 16.0 Å². The molecule has 0 aliphatic heterocycles. The fraction of sp³-hybridized carbons (Fsp3) is 0.0952. The molecule has 2 aromatic carbocycles. The second-order valence-corrected chi connectivity index (χ2v) is 5.93. The van der Waals surface area contributed by atoms with Crippen LogP contribution in [0.5, 0.6) is 0 Å². The maximum absolute atomic E-state index is 12.0. The number of carbonyl (C=O) groups excluding carboxylic acids is 2. The summed E-state index contributed by atoms with van der Waals surface area (Å²) in [4.78, 5) is 28.0. The minimum Gasteiger partial charge on any atom is -0.326 e. The Morgan fingerprint density at radius 1 is 0.741 bits per heavy atom. The number of carbonyl (C=O) groups is 2. The van der Waals surface area contributed by atoms with Crippen LogP contribution in [0.3, 0.4) is 0 Å². The number of nitrogens with one attached hydrogen (secondary N) is 3. The molecule has 1 aromatic heterocycles. The number of aryl methyl sites for hydroxylation is 1. The molecule has 6 heteroatoms. The number of amides is 3. The molecule has 0 radical (unpaired) electrons. The maximum atomic E-state index is 12.0. The molecule has 136 valence electrons. The van der Waals surface area contributed by atoms with Crippen molar-refractivity contribution in [1.82, 2.24) is 4.98 Å². The first-order chi connectivity index (χ1) is 13.2. The van der Waals surface area contributed by atoms with Crippen molar-refractivity contribution in [2.75, 3.05) is 16.0 Å². The van der Waals surface area contributed by atoms with Gasteiger partial charge in [-0.1, -0.05) is 24.3 Å². The summed E-state index contributed by atoms with van der Waals surface area (Å²) in [7, 11) is 0. The molecule has 6 nitrogen and oxygen atoms in total. The van der Waals surface area contributed by atoms with Crippen molar-refractivity contribution in [1.29, 1.82) is 0 Å². The van der Waals surface area contributed by atoms with Crippen LogP contribution in [0, 0.1) is 0 Å². The quantitative estimate of drug-likeness (QED) is 0.613. The minimum absolute atomic E-state index is 0.0682. The number of aromatic nitrogens is 1. The standard InChI is InChI=1S/C21H20N4O2/c26-20(13-8-16-5-4-14-22-15-16)23-18-9-11-19(12-10-18)25-21(27)24-17-6-2-1-3-7-17/h1-7,9-12,14-15H,8,13H2,(H,23,26)(H2,24,25,27). The van der Waals surface area contributed by atoms with E-state index in [-0.39, 0.29) is 11.9 Å². The zero-order chi connectivity index (χ0) is 18.9. The van der Waals surface area contributed by atoms with E-state index >= 15 is 0 Å². The predicted octanol–water partition coefficient (Wildman–Crippen LogP) is 4.30. The van der Waals surface area contributed by atoms with Crippen molar-refractivity contribution >= 4 is 29.0 Å². The van der Waals surface area contributed by atoms with Crippen molar-refractivity contribution in [3.63, 3.8) is 0 Å². The van der Waals surface area contributed by atoms with Gasteiger partial charge < -0.3 is 16.0 Å². The summed E-state index contributed by atoms with van der Waals surface area (Å²) < 4.78 is 0. The Balaban J connectivity index is 1.46. The molecule has 3 rings (SSSR count). The normalized spacial score (nSPS) is 10.1. The average molecular weight is 360 g/mol. The molecular weight excluding hydrogens is 340 g/mol. The summed E-state index contributed by atoms with van der Waals surface area (Å²) in [6.07, 6.45) is 4.48. The van der Waals surface area contributed by atoms with E-state index in [0.717, 1.165) is 5.56 Å². The first kappa shape index (κ1) is 18.1. The Bertz CT molecular complexity index is 881. The summed E-state index contributed by atoms with van der Waals surface area (Å²) in [6.45, 7) is 0. The molecule has 0 atom stereocenters. The third-order valence-electron chi connectivity index (χ3n) is 3.82. The molecule has 0 unspecified atom stereocenters. The van der Waals surface area contributed by atoms with Crippen LogP contribution in [0.25, 0.3) is 0 Å². The SMILES string of the molecule is O=C(CCc1cccnc1)Nc1ccc(NC(=O)Nc2ccccc2)cc1. The zero-order valence-corrected chi connectivity index (χ0v) is 14.7. The van der Waals surface area contributed by atoms with E-state index in [2.05, 4.69) is 20.9 Å². The van der Waals surface area contributed by atoms with E-state index in [1.54, 1.807) is 36.7 Å². The molecule has 0 aliphatic rings. The van der Waals surface area contributed by atoms with Crippen molar-refractivity contribution in [2.45, 2.75) is 12.8 Å². The monoisotopic (exact) mass is 360 g/mol. The Labute approximate surface area is 157 Å². The van der Waals surface area contributed by atoms with Gasteiger partial charge in [0.2, 0.25) is 5.91 Å². The van der Waals surface area contributed by atoms with Gasteiger partial charge in [-0.2, -0.15) is 0 Å². The molecule has 0 fully saturated rings. The highest BCUT2D eigenvalue weighted by Gasteiger charge is 2.05. The smallest absolute Gasteiger partial charge is 0.323 e. The largest absolute Gasteiger partial charge is 0.326 e. The van der Waals surface area contributed by atoms with Crippen LogP contribution in [-0.4, -0.2) is 16.9 Å². The first-order valence-corrected chi connectivity index (χ1v) is 8.61. The van der Waals surface area contributed by atoms with Gasteiger partial charge in [-0.25, -0.2) is 4.79 Å². The van der Waals surface area contributed by atoms with E-state index in [1.165, 1.54) is 0 Å². The third-order valence-corrected chi connectivity index (χ3v) is 3.82. The summed E-state index contributed by atoms with van der Waals surface area (Å²) in [5.74, 6) is -0.0682. The van der Waals surface area contributed by atoms with E-state index in [1.807, 2.05) is 42.5 Å². The van der Waals surface area contributed by atoms with Gasteiger partial charge >= 0.3 is 6.03 Å². The summed E-state index contributed by atoms with van der Waals surface area (Å²) in [5.41, 5.74) is 3.06. The van der Waals surface area contributed by atoms with Crippen LogP contribution in [0.15, 0.2) is 79.1 Å². The molecule has 0 saturated carbocycles. The number of anilines is 3. The Kier molecular flexibility index (Phi) is 6.14. The number of hydrogen-bond donors (Lipinski definition) is 3. The Hall–Kier alpha value is -3.67. The molecule has 0 aliphatic carbocycles. The Morgan fingerprint density at radius 2 is 1.37 bits per heavy atom. The molecule has 0 bridgehead atoms. The fourth-order valence-electron chi connectivity index (χ4n) is 2.48. The van der Waals surface area contributed by atoms with Crippen LogP contribution >= 0.6 is 0 Å². The third kappa shape index (κ3) is 5.97. The molecule has 1 heterocycles.